The predicted molar refractivity (Wildman–Crippen MR) is 109 cm³/mol. The van der Waals surface area contributed by atoms with Crippen LogP contribution in [0.3, 0.4) is 0 Å². The summed E-state index contributed by atoms with van der Waals surface area (Å²) in [5.41, 5.74) is 0.487. The Kier molecular flexibility index (Phi) is 7.55. The smallest absolute Gasteiger partial charge is 0.255 e. The highest BCUT2D eigenvalue weighted by Gasteiger charge is 2.23. The maximum atomic E-state index is 12.7. The van der Waals surface area contributed by atoms with Gasteiger partial charge in [-0.1, -0.05) is 6.07 Å². The van der Waals surface area contributed by atoms with Gasteiger partial charge in [-0.3, -0.25) is 9.69 Å². The molecule has 2 heterocycles. The molecule has 0 bridgehead atoms. The first-order valence-electron chi connectivity index (χ1n) is 9.92. The molecule has 1 amide bonds. The molecule has 29 heavy (non-hydrogen) atoms. The summed E-state index contributed by atoms with van der Waals surface area (Å²) in [5.74, 6) is 3.06. The average molecular weight is 402 g/mol. The topological polar surface area (TPSA) is 73.2 Å². The molecule has 158 valence electrons. The van der Waals surface area contributed by atoms with Crippen LogP contribution in [0.4, 0.5) is 0 Å². The van der Waals surface area contributed by atoms with Gasteiger partial charge in [-0.05, 0) is 49.6 Å². The Hall–Kier alpha value is -2.51. The Balaban J connectivity index is 1.53. The van der Waals surface area contributed by atoms with E-state index in [0.717, 1.165) is 44.0 Å². The highest BCUT2D eigenvalue weighted by molar-refractivity contribution is 5.97. The molecular weight excluding hydrogens is 372 g/mol. The molecule has 0 spiro atoms. The second kappa shape index (κ2) is 10.3. The Morgan fingerprint density at radius 3 is 2.76 bits per heavy atom. The molecule has 7 heteroatoms. The average Bonchev–Trinajstić information content (AvgIpc) is 3.18. The Morgan fingerprint density at radius 1 is 1.17 bits per heavy atom. The summed E-state index contributed by atoms with van der Waals surface area (Å²) in [5, 5.41) is 3.06. The monoisotopic (exact) mass is 402 g/mol. The van der Waals surface area contributed by atoms with Gasteiger partial charge in [-0.15, -0.1) is 0 Å². The van der Waals surface area contributed by atoms with Crippen molar-refractivity contribution < 1.29 is 23.4 Å². The number of methoxy groups -OCH3 is 3. The number of carbonyl (C=O) groups excluding carboxylic acids is 1. The minimum Gasteiger partial charge on any atom is -0.493 e. The first-order valence-corrected chi connectivity index (χ1v) is 9.92. The molecule has 1 aromatic carbocycles. The quantitative estimate of drug-likeness (QED) is 0.695. The minimum absolute atomic E-state index is 0.145. The molecule has 0 unspecified atom stereocenters. The number of benzene rings is 1. The number of likely N-dealkylation sites (tertiary alicyclic amines) is 1. The lowest BCUT2D eigenvalue weighted by atomic mass is 9.97. The van der Waals surface area contributed by atoms with Crippen molar-refractivity contribution >= 4 is 5.91 Å². The number of hydrogen-bond donors (Lipinski definition) is 1. The summed E-state index contributed by atoms with van der Waals surface area (Å²) in [7, 11) is 4.76. The fourth-order valence-corrected chi connectivity index (χ4v) is 3.81. The molecule has 1 atom stereocenters. The van der Waals surface area contributed by atoms with Gasteiger partial charge in [0.1, 0.15) is 18.1 Å². The van der Waals surface area contributed by atoms with E-state index in [9.17, 15) is 4.79 Å². The van der Waals surface area contributed by atoms with Crippen molar-refractivity contribution in [3.05, 3.63) is 47.4 Å². The van der Waals surface area contributed by atoms with Crippen molar-refractivity contribution in [3.8, 4) is 11.5 Å². The zero-order valence-electron chi connectivity index (χ0n) is 17.4. The highest BCUT2D eigenvalue weighted by atomic mass is 16.5. The lowest BCUT2D eigenvalue weighted by Gasteiger charge is -2.32. The third-order valence-corrected chi connectivity index (χ3v) is 5.19. The largest absolute Gasteiger partial charge is 0.493 e. The molecule has 1 fully saturated rings. The van der Waals surface area contributed by atoms with Crippen LogP contribution >= 0.6 is 0 Å². The van der Waals surface area contributed by atoms with E-state index in [0.29, 0.717) is 36.1 Å². The Morgan fingerprint density at radius 2 is 2.00 bits per heavy atom. The number of furan rings is 1. The summed E-state index contributed by atoms with van der Waals surface area (Å²) in [6.07, 6.45) is 2.20. The standard InChI is InChI=1S/C22H30N2O5/c1-26-15-18-10-9-17(29-18)14-24-11-5-6-16(13-24)12-23-22(25)19-7-4-8-20(27-2)21(19)28-3/h4,7-10,16H,5-6,11-15H2,1-3H3,(H,23,25)/t16-/m0/s1. The predicted octanol–water partition coefficient (Wildman–Crippen LogP) is 3.09. The number of ether oxygens (including phenoxy) is 3. The maximum absolute atomic E-state index is 12.7. The molecule has 1 saturated heterocycles. The summed E-state index contributed by atoms with van der Waals surface area (Å²) >= 11 is 0. The van der Waals surface area contributed by atoms with Crippen LogP contribution in [0.25, 0.3) is 0 Å². The number of nitrogens with zero attached hydrogens (tertiary/aromatic N) is 1. The minimum atomic E-state index is -0.145. The second-order valence-corrected chi connectivity index (χ2v) is 7.30. The fourth-order valence-electron chi connectivity index (χ4n) is 3.81. The van der Waals surface area contributed by atoms with E-state index in [4.69, 9.17) is 18.6 Å². The molecular formula is C22H30N2O5. The molecule has 2 aromatic rings. The van der Waals surface area contributed by atoms with E-state index < -0.39 is 0 Å². The number of para-hydroxylation sites is 1. The summed E-state index contributed by atoms with van der Waals surface area (Å²) in [6.45, 7) is 3.85. The van der Waals surface area contributed by atoms with Crippen LogP contribution in [-0.4, -0.2) is 51.8 Å². The SMILES string of the molecule is COCc1ccc(CN2CCC[C@@H](CNC(=O)c3cccc(OC)c3OC)C2)o1. The van der Waals surface area contributed by atoms with Gasteiger partial charge in [0.15, 0.2) is 11.5 Å². The number of piperidine rings is 1. The van der Waals surface area contributed by atoms with Crippen LogP contribution in [0.15, 0.2) is 34.7 Å². The van der Waals surface area contributed by atoms with E-state index in [1.165, 1.54) is 0 Å². The molecule has 7 nitrogen and oxygen atoms in total. The van der Waals surface area contributed by atoms with Gasteiger partial charge in [0.25, 0.3) is 5.91 Å². The zero-order chi connectivity index (χ0) is 20.6. The highest BCUT2D eigenvalue weighted by Crippen LogP contribution is 2.30. The van der Waals surface area contributed by atoms with E-state index in [-0.39, 0.29) is 5.91 Å². The van der Waals surface area contributed by atoms with Crippen LogP contribution in [0.2, 0.25) is 0 Å². The first-order chi connectivity index (χ1) is 14.1. The molecule has 0 saturated carbocycles. The number of carbonyl (C=O) groups is 1. The second-order valence-electron chi connectivity index (χ2n) is 7.30. The van der Waals surface area contributed by atoms with E-state index in [1.54, 1.807) is 39.5 Å². The zero-order valence-corrected chi connectivity index (χ0v) is 17.4. The lowest BCUT2D eigenvalue weighted by Crippen LogP contribution is -2.40. The van der Waals surface area contributed by atoms with Crippen LogP contribution in [0.1, 0.15) is 34.7 Å². The Labute approximate surface area is 171 Å². The van der Waals surface area contributed by atoms with Crippen molar-refractivity contribution in [2.75, 3.05) is 41.0 Å². The third-order valence-electron chi connectivity index (χ3n) is 5.19. The summed E-state index contributed by atoms with van der Waals surface area (Å²) in [6, 6.07) is 9.29. The maximum Gasteiger partial charge on any atom is 0.255 e. The summed E-state index contributed by atoms with van der Waals surface area (Å²) < 4.78 is 21.6. The van der Waals surface area contributed by atoms with Crippen molar-refractivity contribution in [1.82, 2.24) is 10.2 Å². The molecule has 1 aromatic heterocycles. The number of rotatable bonds is 9. The molecule has 1 N–H and O–H groups in total. The van der Waals surface area contributed by atoms with Crippen LogP contribution in [0, 0.1) is 5.92 Å². The van der Waals surface area contributed by atoms with Gasteiger partial charge in [0.05, 0.1) is 26.3 Å². The Bertz CT molecular complexity index is 804. The van der Waals surface area contributed by atoms with E-state index >= 15 is 0 Å². The lowest BCUT2D eigenvalue weighted by molar-refractivity contribution is 0.0924. The van der Waals surface area contributed by atoms with Crippen LogP contribution in [0.5, 0.6) is 11.5 Å². The normalized spacial score (nSPS) is 17.1. The van der Waals surface area contributed by atoms with Crippen molar-refractivity contribution in [2.24, 2.45) is 5.92 Å². The molecule has 3 rings (SSSR count). The number of nitrogens with one attached hydrogen (secondary N) is 1. The van der Waals surface area contributed by atoms with Gasteiger partial charge < -0.3 is 23.9 Å². The van der Waals surface area contributed by atoms with Crippen molar-refractivity contribution in [2.45, 2.75) is 26.0 Å². The summed E-state index contributed by atoms with van der Waals surface area (Å²) in [4.78, 5) is 15.1. The fraction of sp³-hybridized carbons (Fsp3) is 0.500. The van der Waals surface area contributed by atoms with Gasteiger partial charge in [0, 0.05) is 20.2 Å². The van der Waals surface area contributed by atoms with Crippen LogP contribution in [-0.2, 0) is 17.9 Å². The van der Waals surface area contributed by atoms with Crippen molar-refractivity contribution in [3.63, 3.8) is 0 Å². The first kappa shape index (κ1) is 21.2. The van der Waals surface area contributed by atoms with Gasteiger partial charge in [-0.25, -0.2) is 0 Å². The van der Waals surface area contributed by atoms with Crippen molar-refractivity contribution in [1.29, 1.82) is 0 Å². The van der Waals surface area contributed by atoms with Gasteiger partial charge in [0.2, 0.25) is 0 Å². The molecule has 0 aliphatic carbocycles. The molecule has 0 radical (unpaired) electrons. The third kappa shape index (κ3) is 5.52. The number of hydrogen-bond acceptors (Lipinski definition) is 6. The van der Waals surface area contributed by atoms with Crippen LogP contribution < -0.4 is 14.8 Å². The van der Waals surface area contributed by atoms with Gasteiger partial charge in [-0.2, -0.15) is 0 Å². The van der Waals surface area contributed by atoms with E-state index in [2.05, 4.69) is 10.2 Å². The number of amides is 1. The van der Waals surface area contributed by atoms with Gasteiger partial charge >= 0.3 is 0 Å². The molecule has 1 aliphatic rings. The molecule has 1 aliphatic heterocycles. The van der Waals surface area contributed by atoms with E-state index in [1.807, 2.05) is 12.1 Å².